The Labute approximate surface area is 122 Å². The lowest BCUT2D eigenvalue weighted by molar-refractivity contribution is 0.615. The fourth-order valence-electron chi connectivity index (χ4n) is 1.72. The summed E-state index contributed by atoms with van der Waals surface area (Å²) in [6.45, 7) is 3.08. The van der Waals surface area contributed by atoms with Crippen molar-refractivity contribution in [2.45, 2.75) is 17.9 Å². The number of thiophene rings is 1. The number of benzene rings is 1. The van der Waals surface area contributed by atoms with Crippen molar-refractivity contribution >= 4 is 34.7 Å². The highest BCUT2D eigenvalue weighted by Gasteiger charge is 2.15. The smallest absolute Gasteiger partial charge is 0.0561 e. The van der Waals surface area contributed by atoms with Gasteiger partial charge in [0.25, 0.3) is 0 Å². The molecule has 2 rings (SSSR count). The SMILES string of the molecule is CCNC(CSc1ccccc1)c1sccc1Cl. The molecule has 0 saturated heterocycles. The van der Waals surface area contributed by atoms with E-state index < -0.39 is 0 Å². The van der Waals surface area contributed by atoms with Crippen molar-refractivity contribution in [1.29, 1.82) is 0 Å². The molecule has 1 nitrogen and oxygen atoms in total. The molecule has 0 saturated carbocycles. The van der Waals surface area contributed by atoms with Crippen LogP contribution in [0.5, 0.6) is 0 Å². The molecule has 96 valence electrons. The molecule has 0 aliphatic rings. The van der Waals surface area contributed by atoms with Gasteiger partial charge < -0.3 is 5.32 Å². The van der Waals surface area contributed by atoms with Crippen LogP contribution in [-0.2, 0) is 0 Å². The Balaban J connectivity index is 2.01. The van der Waals surface area contributed by atoms with Gasteiger partial charge in [-0.15, -0.1) is 23.1 Å². The summed E-state index contributed by atoms with van der Waals surface area (Å²) in [6, 6.07) is 12.8. The molecule has 0 spiro atoms. The predicted molar refractivity (Wildman–Crippen MR) is 82.9 cm³/mol. The Morgan fingerprint density at radius 2 is 2.06 bits per heavy atom. The van der Waals surface area contributed by atoms with E-state index in [1.165, 1.54) is 9.77 Å². The van der Waals surface area contributed by atoms with E-state index in [9.17, 15) is 0 Å². The number of nitrogens with one attached hydrogen (secondary N) is 1. The molecule has 0 aliphatic heterocycles. The summed E-state index contributed by atoms with van der Waals surface area (Å²) in [5, 5.41) is 6.43. The van der Waals surface area contributed by atoms with E-state index in [0.717, 1.165) is 17.3 Å². The van der Waals surface area contributed by atoms with Crippen LogP contribution in [0.15, 0.2) is 46.7 Å². The Morgan fingerprint density at radius 1 is 1.28 bits per heavy atom. The first-order valence-corrected chi connectivity index (χ1v) is 8.19. The van der Waals surface area contributed by atoms with E-state index in [1.807, 2.05) is 23.9 Å². The first kappa shape index (κ1) is 13.9. The van der Waals surface area contributed by atoms with Gasteiger partial charge in [-0.25, -0.2) is 0 Å². The van der Waals surface area contributed by atoms with E-state index in [0.29, 0.717) is 6.04 Å². The maximum absolute atomic E-state index is 6.21. The summed E-state index contributed by atoms with van der Waals surface area (Å²) in [5.41, 5.74) is 0. The second-order valence-electron chi connectivity index (χ2n) is 3.87. The van der Waals surface area contributed by atoms with Crippen LogP contribution in [-0.4, -0.2) is 12.3 Å². The third kappa shape index (κ3) is 3.75. The zero-order chi connectivity index (χ0) is 12.8. The van der Waals surface area contributed by atoms with E-state index in [-0.39, 0.29) is 0 Å². The van der Waals surface area contributed by atoms with Gasteiger partial charge in [0.1, 0.15) is 0 Å². The standard InChI is InChI=1S/C14H16ClNS2/c1-2-16-13(14-12(15)8-9-17-14)10-18-11-6-4-3-5-7-11/h3-9,13,16H,2,10H2,1H3. The van der Waals surface area contributed by atoms with Crippen molar-refractivity contribution in [3.05, 3.63) is 51.7 Å². The molecule has 1 unspecified atom stereocenters. The minimum atomic E-state index is 0.327. The van der Waals surface area contributed by atoms with Gasteiger partial charge in [-0.05, 0) is 30.1 Å². The Morgan fingerprint density at radius 3 is 2.67 bits per heavy atom. The van der Waals surface area contributed by atoms with E-state index in [2.05, 4.69) is 41.9 Å². The van der Waals surface area contributed by atoms with Crippen molar-refractivity contribution in [2.24, 2.45) is 0 Å². The first-order chi connectivity index (χ1) is 8.81. The monoisotopic (exact) mass is 297 g/mol. The average molecular weight is 298 g/mol. The second-order valence-corrected chi connectivity index (χ2v) is 6.32. The fraction of sp³-hybridized carbons (Fsp3) is 0.286. The zero-order valence-corrected chi connectivity index (χ0v) is 12.6. The summed E-state index contributed by atoms with van der Waals surface area (Å²) < 4.78 is 0. The highest BCUT2D eigenvalue weighted by molar-refractivity contribution is 7.99. The van der Waals surface area contributed by atoms with E-state index in [4.69, 9.17) is 11.6 Å². The number of hydrogen-bond acceptors (Lipinski definition) is 3. The van der Waals surface area contributed by atoms with Crippen LogP contribution in [0, 0.1) is 0 Å². The number of thioether (sulfide) groups is 1. The van der Waals surface area contributed by atoms with Gasteiger partial charge in [0, 0.05) is 15.5 Å². The van der Waals surface area contributed by atoms with Crippen LogP contribution in [0.4, 0.5) is 0 Å². The molecule has 1 aromatic heterocycles. The highest BCUT2D eigenvalue weighted by atomic mass is 35.5. The molecule has 2 aromatic rings. The Hall–Kier alpha value is -0.480. The number of rotatable bonds is 6. The number of hydrogen-bond donors (Lipinski definition) is 1. The Kier molecular flexibility index (Phi) is 5.57. The molecule has 0 radical (unpaired) electrons. The topological polar surface area (TPSA) is 12.0 Å². The summed E-state index contributed by atoms with van der Waals surface area (Å²) in [7, 11) is 0. The predicted octanol–water partition coefficient (Wildman–Crippen LogP) is 4.84. The van der Waals surface area contributed by atoms with Gasteiger partial charge in [0.2, 0.25) is 0 Å². The van der Waals surface area contributed by atoms with Crippen molar-refractivity contribution in [3.63, 3.8) is 0 Å². The van der Waals surface area contributed by atoms with Crippen LogP contribution in [0.2, 0.25) is 5.02 Å². The normalized spacial score (nSPS) is 12.6. The van der Waals surface area contributed by atoms with Gasteiger partial charge in [-0.2, -0.15) is 0 Å². The largest absolute Gasteiger partial charge is 0.309 e. The van der Waals surface area contributed by atoms with Crippen molar-refractivity contribution < 1.29 is 0 Å². The van der Waals surface area contributed by atoms with Gasteiger partial charge >= 0.3 is 0 Å². The molecule has 1 N–H and O–H groups in total. The van der Waals surface area contributed by atoms with Gasteiger partial charge in [-0.1, -0.05) is 36.7 Å². The molecule has 4 heteroatoms. The maximum Gasteiger partial charge on any atom is 0.0561 e. The lowest BCUT2D eigenvalue weighted by Crippen LogP contribution is -2.22. The van der Waals surface area contributed by atoms with Gasteiger partial charge in [0.15, 0.2) is 0 Å². The molecule has 18 heavy (non-hydrogen) atoms. The molecule has 0 amide bonds. The zero-order valence-electron chi connectivity index (χ0n) is 10.2. The summed E-state index contributed by atoms with van der Waals surface area (Å²) in [6.07, 6.45) is 0. The van der Waals surface area contributed by atoms with Gasteiger partial charge in [-0.3, -0.25) is 0 Å². The lowest BCUT2D eigenvalue weighted by atomic mass is 10.3. The quantitative estimate of drug-likeness (QED) is 0.765. The van der Waals surface area contributed by atoms with E-state index in [1.54, 1.807) is 11.3 Å². The molecule has 0 bridgehead atoms. The summed E-state index contributed by atoms with van der Waals surface area (Å²) >= 11 is 9.80. The lowest BCUT2D eigenvalue weighted by Gasteiger charge is -2.16. The summed E-state index contributed by atoms with van der Waals surface area (Å²) in [5.74, 6) is 0.998. The average Bonchev–Trinajstić information content (AvgIpc) is 2.82. The summed E-state index contributed by atoms with van der Waals surface area (Å²) in [4.78, 5) is 2.54. The fourth-order valence-corrected chi connectivity index (χ4v) is 4.09. The van der Waals surface area contributed by atoms with Crippen LogP contribution in [0.3, 0.4) is 0 Å². The number of halogens is 1. The third-order valence-corrected chi connectivity index (χ3v) is 5.15. The van der Waals surface area contributed by atoms with Crippen LogP contribution in [0.25, 0.3) is 0 Å². The maximum atomic E-state index is 6.21. The van der Waals surface area contributed by atoms with Crippen LogP contribution >= 0.6 is 34.7 Å². The molecular formula is C14H16ClNS2. The molecular weight excluding hydrogens is 282 g/mol. The van der Waals surface area contributed by atoms with E-state index >= 15 is 0 Å². The second kappa shape index (κ2) is 7.19. The van der Waals surface area contributed by atoms with Crippen LogP contribution in [0.1, 0.15) is 17.8 Å². The third-order valence-electron chi connectivity index (χ3n) is 2.57. The van der Waals surface area contributed by atoms with Crippen molar-refractivity contribution in [1.82, 2.24) is 5.32 Å². The first-order valence-electron chi connectivity index (χ1n) is 5.95. The van der Waals surface area contributed by atoms with Crippen molar-refractivity contribution in [2.75, 3.05) is 12.3 Å². The molecule has 0 aliphatic carbocycles. The minimum Gasteiger partial charge on any atom is -0.309 e. The Bertz CT molecular complexity index is 470. The van der Waals surface area contributed by atoms with Gasteiger partial charge in [0.05, 0.1) is 11.1 Å². The van der Waals surface area contributed by atoms with Crippen LogP contribution < -0.4 is 5.32 Å². The molecule has 1 atom stereocenters. The van der Waals surface area contributed by atoms with Crippen molar-refractivity contribution in [3.8, 4) is 0 Å². The molecule has 1 aromatic carbocycles. The highest BCUT2D eigenvalue weighted by Crippen LogP contribution is 2.32. The molecule has 0 fully saturated rings. The molecule has 1 heterocycles. The minimum absolute atomic E-state index is 0.327.